The van der Waals surface area contributed by atoms with Gasteiger partial charge in [0.1, 0.15) is 18.3 Å². The SMILES string of the molecule is C=CCOCC(COCC1CO1)(COCC1CO1)COCC1CO1. The second kappa shape index (κ2) is 9.24. The molecule has 0 aromatic rings. The van der Waals surface area contributed by atoms with Gasteiger partial charge in [0, 0.05) is 0 Å². The number of hydrogen-bond donors (Lipinski definition) is 0. The summed E-state index contributed by atoms with van der Waals surface area (Å²) in [4.78, 5) is 0. The summed E-state index contributed by atoms with van der Waals surface area (Å²) in [6.45, 7) is 10.3. The molecule has 3 unspecified atom stereocenters. The van der Waals surface area contributed by atoms with Crippen molar-refractivity contribution in [3.05, 3.63) is 12.7 Å². The van der Waals surface area contributed by atoms with E-state index in [1.54, 1.807) is 6.08 Å². The molecule has 3 heterocycles. The summed E-state index contributed by atoms with van der Waals surface area (Å²) < 4.78 is 38.9. The summed E-state index contributed by atoms with van der Waals surface area (Å²) in [7, 11) is 0. The fourth-order valence-corrected chi connectivity index (χ4v) is 2.32. The lowest BCUT2D eigenvalue weighted by Crippen LogP contribution is -2.42. The largest absolute Gasteiger partial charge is 0.378 e. The zero-order chi connectivity index (χ0) is 16.7. The van der Waals surface area contributed by atoms with Crippen LogP contribution in [-0.4, -0.2) is 91.0 Å². The Morgan fingerprint density at radius 1 is 0.750 bits per heavy atom. The van der Waals surface area contributed by atoms with Gasteiger partial charge in [0.05, 0.1) is 78.1 Å². The van der Waals surface area contributed by atoms with Crippen LogP contribution < -0.4 is 0 Å². The first-order chi connectivity index (χ1) is 11.8. The Labute approximate surface area is 143 Å². The maximum absolute atomic E-state index is 5.85. The van der Waals surface area contributed by atoms with Gasteiger partial charge in [0.25, 0.3) is 0 Å². The second-order valence-corrected chi connectivity index (χ2v) is 6.72. The molecule has 0 aliphatic carbocycles. The van der Waals surface area contributed by atoms with Crippen LogP contribution in [0.25, 0.3) is 0 Å². The molecular weight excluding hydrogens is 316 g/mol. The molecule has 0 radical (unpaired) electrons. The van der Waals surface area contributed by atoms with E-state index in [9.17, 15) is 0 Å². The summed E-state index contributed by atoms with van der Waals surface area (Å²) in [6, 6.07) is 0. The van der Waals surface area contributed by atoms with Gasteiger partial charge in [-0.05, 0) is 0 Å². The second-order valence-electron chi connectivity index (χ2n) is 6.72. The topological polar surface area (TPSA) is 74.5 Å². The minimum Gasteiger partial charge on any atom is -0.378 e. The van der Waals surface area contributed by atoms with E-state index in [2.05, 4.69) is 6.58 Å². The molecule has 138 valence electrons. The van der Waals surface area contributed by atoms with Crippen molar-refractivity contribution in [3.63, 3.8) is 0 Å². The first-order valence-electron chi connectivity index (χ1n) is 8.56. The van der Waals surface area contributed by atoms with Crippen molar-refractivity contribution in [1.82, 2.24) is 0 Å². The summed E-state index contributed by atoms with van der Waals surface area (Å²) in [6.07, 6.45) is 2.44. The molecule has 3 aliphatic rings. The molecule has 0 spiro atoms. The average molecular weight is 344 g/mol. The van der Waals surface area contributed by atoms with Crippen LogP contribution in [0.2, 0.25) is 0 Å². The standard InChI is InChI=1S/C17H28O7/c1-2-3-18-10-17(11-19-4-14-7-22-14,12-20-5-15-8-23-15)13-21-6-16-9-24-16/h2,14-16H,1,3-13H2. The first-order valence-corrected chi connectivity index (χ1v) is 8.56. The van der Waals surface area contributed by atoms with E-state index in [-0.39, 0.29) is 23.7 Å². The van der Waals surface area contributed by atoms with Crippen molar-refractivity contribution in [3.8, 4) is 0 Å². The van der Waals surface area contributed by atoms with Crippen molar-refractivity contribution in [2.24, 2.45) is 5.41 Å². The van der Waals surface area contributed by atoms with E-state index < -0.39 is 0 Å². The third-order valence-corrected chi connectivity index (χ3v) is 3.99. The Balaban J connectivity index is 1.48. The van der Waals surface area contributed by atoms with Gasteiger partial charge in [-0.2, -0.15) is 0 Å². The lowest BCUT2D eigenvalue weighted by molar-refractivity contribution is -0.107. The van der Waals surface area contributed by atoms with Crippen LogP contribution in [0.1, 0.15) is 0 Å². The lowest BCUT2D eigenvalue weighted by Gasteiger charge is -2.32. The van der Waals surface area contributed by atoms with Gasteiger partial charge in [-0.25, -0.2) is 0 Å². The Morgan fingerprint density at radius 3 is 1.46 bits per heavy atom. The molecule has 3 saturated heterocycles. The number of rotatable bonds is 16. The Hall–Kier alpha value is -0.540. The predicted octanol–water partition coefficient (Wildman–Crippen LogP) is 0.422. The normalized spacial score (nSPS) is 29.9. The van der Waals surface area contributed by atoms with Crippen molar-refractivity contribution in [2.45, 2.75) is 18.3 Å². The van der Waals surface area contributed by atoms with Crippen LogP contribution in [0.5, 0.6) is 0 Å². The maximum atomic E-state index is 5.85. The summed E-state index contributed by atoms with van der Waals surface area (Å²) in [5.74, 6) is 0. The zero-order valence-electron chi connectivity index (χ0n) is 14.2. The lowest BCUT2D eigenvalue weighted by atomic mass is 9.92. The fraction of sp³-hybridized carbons (Fsp3) is 0.882. The number of hydrogen-bond acceptors (Lipinski definition) is 7. The molecular formula is C17H28O7. The van der Waals surface area contributed by atoms with E-state index in [1.807, 2.05) is 0 Å². The smallest absolute Gasteiger partial charge is 0.104 e. The molecule has 0 amide bonds. The molecule has 24 heavy (non-hydrogen) atoms. The highest BCUT2D eigenvalue weighted by Gasteiger charge is 2.36. The van der Waals surface area contributed by atoms with E-state index in [0.717, 1.165) is 19.8 Å². The quantitative estimate of drug-likeness (QED) is 0.228. The molecule has 3 atom stereocenters. The Morgan fingerprint density at radius 2 is 1.12 bits per heavy atom. The van der Waals surface area contributed by atoms with Gasteiger partial charge in [0.2, 0.25) is 0 Å². The van der Waals surface area contributed by atoms with Crippen LogP contribution in [0, 0.1) is 5.41 Å². The van der Waals surface area contributed by atoms with E-state index in [1.165, 1.54) is 0 Å². The van der Waals surface area contributed by atoms with Gasteiger partial charge < -0.3 is 33.2 Å². The third-order valence-electron chi connectivity index (χ3n) is 3.99. The molecule has 3 aliphatic heterocycles. The maximum Gasteiger partial charge on any atom is 0.104 e. The van der Waals surface area contributed by atoms with Crippen LogP contribution in [0.4, 0.5) is 0 Å². The third kappa shape index (κ3) is 7.14. The molecule has 0 saturated carbocycles. The molecule has 0 N–H and O–H groups in total. The highest BCUT2D eigenvalue weighted by molar-refractivity contribution is 4.82. The molecule has 7 heteroatoms. The van der Waals surface area contributed by atoms with Crippen molar-refractivity contribution >= 4 is 0 Å². The number of epoxide rings is 3. The van der Waals surface area contributed by atoms with Crippen molar-refractivity contribution in [1.29, 1.82) is 0 Å². The summed E-state index contributed by atoms with van der Waals surface area (Å²) in [5.41, 5.74) is -0.359. The number of ether oxygens (including phenoxy) is 7. The van der Waals surface area contributed by atoms with E-state index >= 15 is 0 Å². The molecule has 0 aromatic heterocycles. The molecule has 7 nitrogen and oxygen atoms in total. The van der Waals surface area contributed by atoms with Crippen molar-refractivity contribution in [2.75, 3.05) is 72.7 Å². The Kier molecular flexibility index (Phi) is 7.03. The average Bonchev–Trinajstić information content (AvgIpc) is 3.42. The highest BCUT2D eigenvalue weighted by atomic mass is 16.6. The van der Waals surface area contributed by atoms with E-state index in [4.69, 9.17) is 33.2 Å². The summed E-state index contributed by atoms with van der Waals surface area (Å²) in [5, 5.41) is 0. The highest BCUT2D eigenvalue weighted by Crippen LogP contribution is 2.24. The zero-order valence-corrected chi connectivity index (χ0v) is 14.2. The van der Waals surface area contributed by atoms with E-state index in [0.29, 0.717) is 52.9 Å². The van der Waals surface area contributed by atoms with Crippen molar-refractivity contribution < 1.29 is 33.2 Å². The fourth-order valence-electron chi connectivity index (χ4n) is 2.32. The van der Waals surface area contributed by atoms with Gasteiger partial charge in [-0.15, -0.1) is 6.58 Å². The van der Waals surface area contributed by atoms with Crippen LogP contribution >= 0.6 is 0 Å². The van der Waals surface area contributed by atoms with Gasteiger partial charge in [-0.1, -0.05) is 6.08 Å². The molecule has 0 bridgehead atoms. The molecule has 3 fully saturated rings. The monoisotopic (exact) mass is 344 g/mol. The summed E-state index contributed by atoms with van der Waals surface area (Å²) >= 11 is 0. The molecule has 0 aromatic carbocycles. The molecule has 3 rings (SSSR count). The minimum absolute atomic E-state index is 0.235. The van der Waals surface area contributed by atoms with Gasteiger partial charge in [-0.3, -0.25) is 0 Å². The first kappa shape index (κ1) is 18.3. The van der Waals surface area contributed by atoms with Gasteiger partial charge >= 0.3 is 0 Å². The van der Waals surface area contributed by atoms with Crippen LogP contribution in [0.15, 0.2) is 12.7 Å². The Bertz CT molecular complexity index is 332. The predicted molar refractivity (Wildman–Crippen MR) is 85.1 cm³/mol. The van der Waals surface area contributed by atoms with Crippen LogP contribution in [0.3, 0.4) is 0 Å². The van der Waals surface area contributed by atoms with Crippen LogP contribution in [-0.2, 0) is 33.2 Å². The minimum atomic E-state index is -0.359. The van der Waals surface area contributed by atoms with Gasteiger partial charge in [0.15, 0.2) is 0 Å².